The molecule has 0 N–H and O–H groups in total. The Labute approximate surface area is 218 Å². The molecule has 0 radical (unpaired) electrons. The monoisotopic (exact) mass is 510 g/mol. The normalized spacial score (nSPS) is 16.4. The molecule has 1 aromatic heterocycles. The van der Waals surface area contributed by atoms with Crippen LogP contribution >= 0.6 is 11.3 Å². The van der Waals surface area contributed by atoms with Crippen LogP contribution in [0.15, 0.2) is 82.1 Å². The number of hydrogen-bond acceptors (Lipinski definition) is 6. The number of nitrogens with zero attached hydrogens (tertiary/aromatic N) is 2. The maximum absolute atomic E-state index is 13.9. The van der Waals surface area contributed by atoms with Crippen LogP contribution in [0.25, 0.3) is 11.8 Å². The molecule has 0 spiro atoms. The second-order valence-electron chi connectivity index (χ2n) is 9.00. The Morgan fingerprint density at radius 2 is 1.76 bits per heavy atom. The first kappa shape index (κ1) is 23.3. The van der Waals surface area contributed by atoms with Crippen molar-refractivity contribution in [2.45, 2.75) is 18.9 Å². The van der Waals surface area contributed by atoms with E-state index < -0.39 is 0 Å². The molecular weight excluding hydrogens is 484 g/mol. The van der Waals surface area contributed by atoms with E-state index in [1.54, 1.807) is 21.3 Å². The first-order chi connectivity index (χ1) is 18.1. The lowest BCUT2D eigenvalue weighted by molar-refractivity contribution is 0.355. The molecule has 6 rings (SSSR count). The highest BCUT2D eigenvalue weighted by molar-refractivity contribution is 7.07. The predicted molar refractivity (Wildman–Crippen MR) is 145 cm³/mol. The number of fused-ring (bicyclic) bond motifs is 3. The molecule has 4 aromatic rings. The minimum atomic E-state index is -0.248. The van der Waals surface area contributed by atoms with E-state index >= 15 is 0 Å². The maximum Gasteiger partial charge on any atom is 0.271 e. The number of allylic oxidation sites excluding steroid dienone is 1. The van der Waals surface area contributed by atoms with Crippen molar-refractivity contribution in [3.8, 4) is 17.2 Å². The zero-order valence-electron chi connectivity index (χ0n) is 20.9. The van der Waals surface area contributed by atoms with Gasteiger partial charge < -0.3 is 14.2 Å². The quantitative estimate of drug-likeness (QED) is 0.401. The Hall–Kier alpha value is -4.10. The van der Waals surface area contributed by atoms with Gasteiger partial charge >= 0.3 is 0 Å². The van der Waals surface area contributed by atoms with E-state index in [-0.39, 0.29) is 11.6 Å². The SMILES string of the molecule is COc1cccc(C2C3=C(N=c4sc(=Cc5ccc(OC)c(OC)c5)c(=O)n42)c2ccccc2CC3)c1. The van der Waals surface area contributed by atoms with Gasteiger partial charge in [-0.1, -0.05) is 53.8 Å². The topological polar surface area (TPSA) is 62.0 Å². The van der Waals surface area contributed by atoms with Crippen LogP contribution in [-0.2, 0) is 6.42 Å². The lowest BCUT2D eigenvalue weighted by Gasteiger charge is -2.31. The van der Waals surface area contributed by atoms with E-state index in [0.29, 0.717) is 20.8 Å². The average Bonchev–Trinajstić information content (AvgIpc) is 3.25. The fourth-order valence-electron chi connectivity index (χ4n) is 5.23. The van der Waals surface area contributed by atoms with Crippen LogP contribution in [0.2, 0.25) is 0 Å². The third kappa shape index (κ3) is 3.96. The summed E-state index contributed by atoms with van der Waals surface area (Å²) >= 11 is 1.41. The lowest BCUT2D eigenvalue weighted by Crippen LogP contribution is -2.38. The molecule has 0 fully saturated rings. The van der Waals surface area contributed by atoms with Crippen molar-refractivity contribution in [3.05, 3.63) is 114 Å². The highest BCUT2D eigenvalue weighted by Gasteiger charge is 2.32. The molecule has 1 atom stereocenters. The van der Waals surface area contributed by atoms with Crippen LogP contribution in [0.3, 0.4) is 0 Å². The first-order valence-electron chi connectivity index (χ1n) is 12.1. The van der Waals surface area contributed by atoms with E-state index in [4.69, 9.17) is 19.2 Å². The molecule has 7 heteroatoms. The molecule has 186 valence electrons. The van der Waals surface area contributed by atoms with Gasteiger partial charge in [0.1, 0.15) is 5.75 Å². The molecule has 1 aliphatic heterocycles. The van der Waals surface area contributed by atoms with E-state index in [0.717, 1.165) is 46.6 Å². The zero-order chi connectivity index (χ0) is 25.5. The molecule has 1 unspecified atom stereocenters. The minimum absolute atomic E-state index is 0.0586. The van der Waals surface area contributed by atoms with Gasteiger partial charge in [-0.15, -0.1) is 0 Å². The van der Waals surface area contributed by atoms with Crippen LogP contribution < -0.4 is 29.1 Å². The summed E-state index contributed by atoms with van der Waals surface area (Å²) in [6, 6.07) is 21.8. The summed E-state index contributed by atoms with van der Waals surface area (Å²) in [7, 11) is 4.87. The zero-order valence-corrected chi connectivity index (χ0v) is 21.7. The van der Waals surface area contributed by atoms with Crippen molar-refractivity contribution in [1.82, 2.24) is 4.57 Å². The highest BCUT2D eigenvalue weighted by atomic mass is 32.1. The highest BCUT2D eigenvalue weighted by Crippen LogP contribution is 2.41. The molecule has 2 heterocycles. The molecule has 6 nitrogen and oxygen atoms in total. The second-order valence-corrected chi connectivity index (χ2v) is 10.0. The van der Waals surface area contributed by atoms with E-state index in [1.807, 2.05) is 47.0 Å². The number of hydrogen-bond donors (Lipinski definition) is 0. The molecule has 3 aromatic carbocycles. The summed E-state index contributed by atoms with van der Waals surface area (Å²) in [5.41, 5.74) is 6.39. The summed E-state index contributed by atoms with van der Waals surface area (Å²) in [4.78, 5) is 19.7. The molecule has 0 bridgehead atoms. The standard InChI is InChI=1S/C30H26N2O4S/c1-34-21-9-6-8-20(17-21)28-23-13-12-19-7-4-5-10-22(19)27(23)31-30-32(28)29(33)26(37-30)16-18-11-14-24(35-2)25(15-18)36-3/h4-11,14-17,28H,12-13H2,1-3H3. The van der Waals surface area contributed by atoms with Gasteiger partial charge in [0, 0.05) is 5.56 Å². The summed E-state index contributed by atoms with van der Waals surface area (Å²) < 4.78 is 18.8. The number of aromatic nitrogens is 1. The van der Waals surface area contributed by atoms with E-state index in [2.05, 4.69) is 30.3 Å². The molecule has 2 aliphatic rings. The van der Waals surface area contributed by atoms with Gasteiger partial charge in [0.15, 0.2) is 16.3 Å². The number of ether oxygens (including phenoxy) is 3. The Bertz CT molecular complexity index is 1730. The fraction of sp³-hybridized carbons (Fsp3) is 0.200. The predicted octanol–water partition coefficient (Wildman–Crippen LogP) is 4.34. The molecule has 1 aliphatic carbocycles. The van der Waals surface area contributed by atoms with Crippen molar-refractivity contribution < 1.29 is 14.2 Å². The van der Waals surface area contributed by atoms with Crippen LogP contribution in [-0.4, -0.2) is 25.9 Å². The van der Waals surface area contributed by atoms with E-state index in [1.165, 1.54) is 16.9 Å². The molecule has 0 saturated carbocycles. The van der Waals surface area contributed by atoms with Crippen LogP contribution in [0, 0.1) is 0 Å². The van der Waals surface area contributed by atoms with Gasteiger partial charge in [-0.3, -0.25) is 9.36 Å². The van der Waals surface area contributed by atoms with Crippen molar-refractivity contribution in [2.75, 3.05) is 21.3 Å². The van der Waals surface area contributed by atoms with Gasteiger partial charge in [-0.05, 0) is 65.4 Å². The van der Waals surface area contributed by atoms with Gasteiger partial charge in [0.2, 0.25) is 0 Å². The number of aryl methyl sites for hydroxylation is 1. The van der Waals surface area contributed by atoms with Gasteiger partial charge in [-0.2, -0.15) is 0 Å². The van der Waals surface area contributed by atoms with Crippen LogP contribution in [0.1, 0.15) is 34.7 Å². The summed E-state index contributed by atoms with van der Waals surface area (Å²) in [6.45, 7) is 0. The van der Waals surface area contributed by atoms with Crippen LogP contribution in [0.5, 0.6) is 17.2 Å². The third-order valence-corrected chi connectivity index (χ3v) is 7.97. The van der Waals surface area contributed by atoms with Gasteiger partial charge in [-0.25, -0.2) is 4.99 Å². The maximum atomic E-state index is 13.9. The van der Waals surface area contributed by atoms with Crippen molar-refractivity contribution in [2.24, 2.45) is 4.99 Å². The molecule has 0 amide bonds. The number of benzene rings is 3. The Morgan fingerprint density at radius 1 is 0.919 bits per heavy atom. The Kier molecular flexibility index (Phi) is 5.93. The lowest BCUT2D eigenvalue weighted by atomic mass is 9.83. The molecule has 37 heavy (non-hydrogen) atoms. The second kappa shape index (κ2) is 9.41. The summed E-state index contributed by atoms with van der Waals surface area (Å²) in [5, 5.41) is 0. The number of methoxy groups -OCH3 is 3. The fourth-order valence-corrected chi connectivity index (χ4v) is 6.23. The Balaban J connectivity index is 1.59. The molecular formula is C30H26N2O4S. The van der Waals surface area contributed by atoms with Gasteiger partial charge in [0.05, 0.1) is 37.6 Å². The van der Waals surface area contributed by atoms with Crippen molar-refractivity contribution in [3.63, 3.8) is 0 Å². The summed E-state index contributed by atoms with van der Waals surface area (Å²) in [5.74, 6) is 2.02. The number of thiazole rings is 1. The smallest absolute Gasteiger partial charge is 0.271 e. The van der Waals surface area contributed by atoms with Crippen molar-refractivity contribution in [1.29, 1.82) is 0 Å². The Morgan fingerprint density at radius 3 is 2.57 bits per heavy atom. The molecule has 0 saturated heterocycles. The van der Waals surface area contributed by atoms with Gasteiger partial charge in [0.25, 0.3) is 5.56 Å². The van der Waals surface area contributed by atoms with E-state index in [9.17, 15) is 4.79 Å². The summed E-state index contributed by atoms with van der Waals surface area (Å²) in [6.07, 6.45) is 3.66. The minimum Gasteiger partial charge on any atom is -0.497 e. The third-order valence-electron chi connectivity index (χ3n) is 6.99. The largest absolute Gasteiger partial charge is 0.497 e. The average molecular weight is 511 g/mol. The number of rotatable bonds is 5. The van der Waals surface area contributed by atoms with Crippen LogP contribution in [0.4, 0.5) is 0 Å². The van der Waals surface area contributed by atoms with Crippen molar-refractivity contribution >= 4 is 23.1 Å². The first-order valence-corrected chi connectivity index (χ1v) is 12.9.